The Morgan fingerprint density at radius 1 is 1.40 bits per heavy atom. The van der Waals surface area contributed by atoms with E-state index in [-0.39, 0.29) is 6.61 Å². The van der Waals surface area contributed by atoms with Gasteiger partial charge in [-0.2, -0.15) is 0 Å². The lowest BCUT2D eigenvalue weighted by atomic mass is 10.0. The Kier molecular flexibility index (Phi) is 5.97. The van der Waals surface area contributed by atoms with Crippen LogP contribution in [0.5, 0.6) is 5.75 Å². The topological polar surface area (TPSA) is 32.7 Å². The lowest BCUT2D eigenvalue weighted by Crippen LogP contribution is -2.43. The molecule has 0 amide bonds. The van der Waals surface area contributed by atoms with Crippen molar-refractivity contribution in [3.05, 3.63) is 28.2 Å². The van der Waals surface area contributed by atoms with E-state index in [4.69, 9.17) is 27.9 Å². The molecular formula is C15H21Cl2NO2. The first-order valence-corrected chi connectivity index (χ1v) is 7.82. The summed E-state index contributed by atoms with van der Waals surface area (Å²) in [4.78, 5) is 2.32. The second-order valence-electron chi connectivity index (χ2n) is 5.38. The highest BCUT2D eigenvalue weighted by Crippen LogP contribution is 2.27. The molecule has 0 radical (unpaired) electrons. The van der Waals surface area contributed by atoms with E-state index >= 15 is 0 Å². The van der Waals surface area contributed by atoms with Crippen molar-refractivity contribution < 1.29 is 9.84 Å². The van der Waals surface area contributed by atoms with Gasteiger partial charge in [-0.3, -0.25) is 4.90 Å². The second-order valence-corrected chi connectivity index (χ2v) is 6.22. The molecular weight excluding hydrogens is 297 g/mol. The van der Waals surface area contributed by atoms with Crippen LogP contribution in [0.15, 0.2) is 18.2 Å². The lowest BCUT2D eigenvalue weighted by molar-refractivity contribution is 0.0438. The molecule has 1 aliphatic heterocycles. The van der Waals surface area contributed by atoms with Gasteiger partial charge < -0.3 is 9.84 Å². The Balaban J connectivity index is 1.82. The van der Waals surface area contributed by atoms with Crippen molar-refractivity contribution in [1.29, 1.82) is 0 Å². The van der Waals surface area contributed by atoms with Gasteiger partial charge in [-0.25, -0.2) is 0 Å². The van der Waals surface area contributed by atoms with Crippen molar-refractivity contribution in [3.63, 3.8) is 0 Å². The van der Waals surface area contributed by atoms with E-state index in [0.717, 1.165) is 6.54 Å². The zero-order valence-electron chi connectivity index (χ0n) is 11.7. The molecule has 1 aromatic rings. The maximum Gasteiger partial charge on any atom is 0.139 e. The third kappa shape index (κ3) is 4.52. The van der Waals surface area contributed by atoms with Gasteiger partial charge in [-0.15, -0.1) is 0 Å². The van der Waals surface area contributed by atoms with Crippen molar-refractivity contribution in [2.45, 2.75) is 38.3 Å². The Labute approximate surface area is 130 Å². The Morgan fingerprint density at radius 3 is 2.95 bits per heavy atom. The number of nitrogens with zero attached hydrogens (tertiary/aromatic N) is 1. The zero-order chi connectivity index (χ0) is 14.5. The molecule has 3 nitrogen and oxygen atoms in total. The highest BCUT2D eigenvalue weighted by atomic mass is 35.5. The number of rotatable bonds is 5. The highest BCUT2D eigenvalue weighted by Gasteiger charge is 2.21. The van der Waals surface area contributed by atoms with Gasteiger partial charge in [-0.05, 0) is 38.4 Å². The van der Waals surface area contributed by atoms with Crippen LogP contribution >= 0.6 is 23.2 Å². The molecule has 1 aliphatic rings. The third-order valence-corrected chi connectivity index (χ3v) is 4.26. The van der Waals surface area contributed by atoms with Gasteiger partial charge in [0, 0.05) is 23.7 Å². The van der Waals surface area contributed by atoms with E-state index in [9.17, 15) is 5.11 Å². The molecule has 1 fully saturated rings. The van der Waals surface area contributed by atoms with E-state index in [1.54, 1.807) is 18.2 Å². The van der Waals surface area contributed by atoms with Crippen LogP contribution in [0.1, 0.15) is 26.2 Å². The fraction of sp³-hybridized carbons (Fsp3) is 0.600. The number of aliphatic hydroxyl groups is 1. The molecule has 0 bridgehead atoms. The van der Waals surface area contributed by atoms with Crippen LogP contribution in [0.3, 0.4) is 0 Å². The third-order valence-electron chi connectivity index (χ3n) is 3.71. The molecule has 1 aromatic carbocycles. The van der Waals surface area contributed by atoms with Crippen molar-refractivity contribution in [2.75, 3.05) is 19.7 Å². The number of β-amino-alcohol motifs (C(OH)–C–C–N with tert-alkyl or cyclic N) is 1. The van der Waals surface area contributed by atoms with Gasteiger partial charge in [-0.1, -0.05) is 29.6 Å². The van der Waals surface area contributed by atoms with Crippen LogP contribution in [-0.2, 0) is 0 Å². The molecule has 1 heterocycles. The average Bonchev–Trinajstić information content (AvgIpc) is 2.42. The second kappa shape index (κ2) is 7.51. The van der Waals surface area contributed by atoms with Crippen molar-refractivity contribution in [1.82, 2.24) is 4.90 Å². The maximum absolute atomic E-state index is 10.1. The minimum atomic E-state index is -0.523. The Hall–Kier alpha value is -0.480. The molecule has 20 heavy (non-hydrogen) atoms. The number of halogens is 2. The normalized spacial score (nSPS) is 21.7. The number of likely N-dealkylation sites (tertiary alicyclic amines) is 1. The van der Waals surface area contributed by atoms with E-state index in [0.29, 0.717) is 28.4 Å². The number of benzene rings is 1. The molecule has 1 N–H and O–H groups in total. The summed E-state index contributed by atoms with van der Waals surface area (Å²) >= 11 is 11.9. The maximum atomic E-state index is 10.1. The molecule has 0 aromatic heterocycles. The summed E-state index contributed by atoms with van der Waals surface area (Å²) in [6.45, 7) is 4.12. The van der Waals surface area contributed by atoms with Gasteiger partial charge in [0.05, 0.1) is 5.02 Å². The van der Waals surface area contributed by atoms with Gasteiger partial charge in [0.15, 0.2) is 0 Å². The van der Waals surface area contributed by atoms with Crippen LogP contribution in [0.4, 0.5) is 0 Å². The highest BCUT2D eigenvalue weighted by molar-refractivity contribution is 6.34. The molecule has 0 aliphatic carbocycles. The summed E-state index contributed by atoms with van der Waals surface area (Å²) in [6.07, 6.45) is 3.17. The Morgan fingerprint density at radius 2 is 2.20 bits per heavy atom. The number of ether oxygens (including phenoxy) is 1. The van der Waals surface area contributed by atoms with Crippen LogP contribution in [0, 0.1) is 0 Å². The van der Waals surface area contributed by atoms with E-state index in [2.05, 4.69) is 11.8 Å². The zero-order valence-corrected chi connectivity index (χ0v) is 13.2. The quantitative estimate of drug-likeness (QED) is 0.900. The lowest BCUT2D eigenvalue weighted by Gasteiger charge is -2.34. The molecule has 5 heteroatoms. The standard InChI is InChI=1S/C15H21Cl2NO2/c1-11-4-2-3-7-18(11)9-13(19)10-20-15-8-12(16)5-6-14(15)17/h5-6,8,11,13,19H,2-4,7,9-10H2,1H3/t11-,13+/m0/s1. The number of hydrogen-bond donors (Lipinski definition) is 1. The van der Waals surface area contributed by atoms with Crippen LogP contribution in [0.25, 0.3) is 0 Å². The predicted octanol–water partition coefficient (Wildman–Crippen LogP) is 3.61. The fourth-order valence-corrected chi connectivity index (χ4v) is 2.86. The summed E-state index contributed by atoms with van der Waals surface area (Å²) in [5, 5.41) is 11.2. The minimum absolute atomic E-state index is 0.225. The average molecular weight is 318 g/mol. The van der Waals surface area contributed by atoms with Gasteiger partial charge in [0.25, 0.3) is 0 Å². The molecule has 2 atom stereocenters. The largest absolute Gasteiger partial charge is 0.489 e. The molecule has 0 saturated carbocycles. The number of aliphatic hydroxyl groups excluding tert-OH is 1. The first kappa shape index (κ1) is 15.9. The summed E-state index contributed by atoms with van der Waals surface area (Å²) < 4.78 is 5.56. The first-order chi connectivity index (χ1) is 9.56. The van der Waals surface area contributed by atoms with Gasteiger partial charge in [0.2, 0.25) is 0 Å². The Bertz CT molecular complexity index is 442. The predicted molar refractivity (Wildman–Crippen MR) is 82.8 cm³/mol. The smallest absolute Gasteiger partial charge is 0.139 e. The minimum Gasteiger partial charge on any atom is -0.489 e. The van der Waals surface area contributed by atoms with Crippen molar-refractivity contribution in [3.8, 4) is 5.75 Å². The first-order valence-electron chi connectivity index (χ1n) is 7.06. The summed E-state index contributed by atoms with van der Waals surface area (Å²) in [5.41, 5.74) is 0. The van der Waals surface area contributed by atoms with Crippen LogP contribution in [-0.4, -0.2) is 41.8 Å². The number of hydrogen-bond acceptors (Lipinski definition) is 3. The van der Waals surface area contributed by atoms with E-state index in [1.807, 2.05) is 0 Å². The molecule has 0 spiro atoms. The van der Waals surface area contributed by atoms with E-state index in [1.165, 1.54) is 19.3 Å². The summed E-state index contributed by atoms with van der Waals surface area (Å²) in [5.74, 6) is 0.518. The molecule has 1 saturated heterocycles. The monoisotopic (exact) mass is 317 g/mol. The van der Waals surface area contributed by atoms with Crippen LogP contribution in [0.2, 0.25) is 10.0 Å². The van der Waals surface area contributed by atoms with Crippen LogP contribution < -0.4 is 4.74 Å². The SMILES string of the molecule is C[C@H]1CCCCN1C[C@@H](O)COc1cc(Cl)ccc1Cl. The fourth-order valence-electron chi connectivity index (χ4n) is 2.53. The summed E-state index contributed by atoms with van der Waals surface area (Å²) in [7, 11) is 0. The number of piperidine rings is 1. The van der Waals surface area contributed by atoms with Crippen molar-refractivity contribution >= 4 is 23.2 Å². The van der Waals surface area contributed by atoms with Gasteiger partial charge in [0.1, 0.15) is 18.5 Å². The molecule has 2 rings (SSSR count). The van der Waals surface area contributed by atoms with Gasteiger partial charge >= 0.3 is 0 Å². The summed E-state index contributed by atoms with van der Waals surface area (Å²) in [6, 6.07) is 5.61. The molecule has 112 valence electrons. The molecule has 0 unspecified atom stereocenters. The van der Waals surface area contributed by atoms with E-state index < -0.39 is 6.10 Å². The van der Waals surface area contributed by atoms with Crippen molar-refractivity contribution in [2.24, 2.45) is 0 Å².